The molecule has 0 spiro atoms. The monoisotopic (exact) mass is 345 g/mol. The standard InChI is InChI=1S/C20H27NO4/c1-25-19(24)9-5-8-18(23)21-16-10-11-17(21)20(13-16,14-22)12-15-6-3-2-4-7-15/h2-4,6-7,16-17,22H,5,8-14H2,1H3/t16-,17+,20-/m1/s1. The normalized spacial score (nSPS) is 27.5. The van der Waals surface area contributed by atoms with Crippen molar-refractivity contribution < 1.29 is 19.4 Å². The molecule has 5 heteroatoms. The molecule has 2 heterocycles. The van der Waals surface area contributed by atoms with E-state index in [9.17, 15) is 14.7 Å². The lowest BCUT2D eigenvalue weighted by Gasteiger charge is -2.36. The van der Waals surface area contributed by atoms with E-state index < -0.39 is 0 Å². The smallest absolute Gasteiger partial charge is 0.305 e. The topological polar surface area (TPSA) is 66.8 Å². The van der Waals surface area contributed by atoms with Gasteiger partial charge in [-0.25, -0.2) is 0 Å². The van der Waals surface area contributed by atoms with E-state index >= 15 is 0 Å². The van der Waals surface area contributed by atoms with E-state index in [1.165, 1.54) is 12.7 Å². The molecule has 2 aliphatic rings. The van der Waals surface area contributed by atoms with E-state index in [0.717, 1.165) is 25.7 Å². The second-order valence-corrected chi connectivity index (χ2v) is 7.36. The van der Waals surface area contributed by atoms with Gasteiger partial charge in [-0.15, -0.1) is 0 Å². The second-order valence-electron chi connectivity index (χ2n) is 7.36. The van der Waals surface area contributed by atoms with Crippen LogP contribution in [0.15, 0.2) is 30.3 Å². The molecular formula is C20H27NO4. The Bertz CT molecular complexity index is 617. The number of hydrogen-bond acceptors (Lipinski definition) is 4. The van der Waals surface area contributed by atoms with Gasteiger partial charge in [0, 0.05) is 30.3 Å². The van der Waals surface area contributed by atoms with Crippen LogP contribution >= 0.6 is 0 Å². The van der Waals surface area contributed by atoms with Gasteiger partial charge in [0.2, 0.25) is 5.91 Å². The number of esters is 1. The average molecular weight is 345 g/mol. The van der Waals surface area contributed by atoms with Crippen molar-refractivity contribution in [3.63, 3.8) is 0 Å². The molecule has 0 aromatic heterocycles. The van der Waals surface area contributed by atoms with Crippen LogP contribution in [0.2, 0.25) is 0 Å². The van der Waals surface area contributed by atoms with Crippen LogP contribution in [0.1, 0.15) is 44.1 Å². The van der Waals surface area contributed by atoms with Crippen LogP contribution in [0, 0.1) is 5.41 Å². The van der Waals surface area contributed by atoms with E-state index in [4.69, 9.17) is 0 Å². The molecule has 25 heavy (non-hydrogen) atoms. The first kappa shape index (κ1) is 17.9. The number of carbonyl (C=O) groups excluding carboxylic acids is 2. The molecule has 2 aliphatic heterocycles. The zero-order valence-electron chi connectivity index (χ0n) is 14.8. The highest BCUT2D eigenvalue weighted by Gasteiger charge is 2.56. The molecule has 3 rings (SSSR count). The lowest BCUT2D eigenvalue weighted by Crippen LogP contribution is -2.43. The van der Waals surface area contributed by atoms with Crippen molar-refractivity contribution in [3.05, 3.63) is 35.9 Å². The first-order valence-corrected chi connectivity index (χ1v) is 9.12. The quantitative estimate of drug-likeness (QED) is 0.770. The summed E-state index contributed by atoms with van der Waals surface area (Å²) in [5.74, 6) is -0.161. The number of ether oxygens (including phenoxy) is 1. The number of aliphatic hydroxyl groups excluding tert-OH is 1. The van der Waals surface area contributed by atoms with E-state index in [1.54, 1.807) is 0 Å². The maximum Gasteiger partial charge on any atom is 0.305 e. The summed E-state index contributed by atoms with van der Waals surface area (Å²) in [5, 5.41) is 10.2. The third kappa shape index (κ3) is 3.56. The van der Waals surface area contributed by atoms with Crippen LogP contribution in [0.3, 0.4) is 0 Å². The van der Waals surface area contributed by atoms with Gasteiger partial charge in [0.1, 0.15) is 0 Å². The Morgan fingerprint density at radius 3 is 2.68 bits per heavy atom. The van der Waals surface area contributed by atoms with Crippen molar-refractivity contribution in [2.24, 2.45) is 5.41 Å². The van der Waals surface area contributed by atoms with Crippen molar-refractivity contribution in [2.75, 3.05) is 13.7 Å². The molecule has 0 aliphatic carbocycles. The van der Waals surface area contributed by atoms with Gasteiger partial charge in [-0.2, -0.15) is 0 Å². The molecule has 2 bridgehead atoms. The fourth-order valence-corrected chi connectivity index (χ4v) is 4.70. The summed E-state index contributed by atoms with van der Waals surface area (Å²) >= 11 is 0. The Hall–Kier alpha value is -1.88. The summed E-state index contributed by atoms with van der Waals surface area (Å²) in [5.41, 5.74) is 0.977. The summed E-state index contributed by atoms with van der Waals surface area (Å²) < 4.78 is 4.63. The minimum atomic E-state index is -0.272. The van der Waals surface area contributed by atoms with Gasteiger partial charge in [-0.05, 0) is 37.7 Å². The average Bonchev–Trinajstić information content (AvgIpc) is 3.18. The number of aliphatic hydroxyl groups is 1. The van der Waals surface area contributed by atoms with E-state index in [1.807, 2.05) is 23.1 Å². The number of carbonyl (C=O) groups is 2. The number of methoxy groups -OCH3 is 1. The van der Waals surface area contributed by atoms with Gasteiger partial charge in [-0.3, -0.25) is 9.59 Å². The summed E-state index contributed by atoms with van der Waals surface area (Å²) in [7, 11) is 1.37. The van der Waals surface area contributed by atoms with E-state index in [0.29, 0.717) is 12.8 Å². The van der Waals surface area contributed by atoms with Gasteiger partial charge in [0.25, 0.3) is 0 Å². The zero-order valence-corrected chi connectivity index (χ0v) is 14.8. The Morgan fingerprint density at radius 2 is 2.00 bits per heavy atom. The van der Waals surface area contributed by atoms with Crippen LogP contribution in [-0.4, -0.2) is 47.7 Å². The predicted molar refractivity (Wildman–Crippen MR) is 93.8 cm³/mol. The Labute approximate surface area is 149 Å². The number of nitrogens with zero attached hydrogens (tertiary/aromatic N) is 1. The molecular weight excluding hydrogens is 318 g/mol. The molecule has 3 atom stereocenters. The number of fused-ring (bicyclic) bond motifs is 2. The summed E-state index contributed by atoms with van der Waals surface area (Å²) in [6, 6.07) is 10.5. The third-order valence-corrected chi connectivity index (χ3v) is 5.85. The first-order chi connectivity index (χ1) is 12.1. The molecule has 1 aromatic carbocycles. The lowest BCUT2D eigenvalue weighted by molar-refractivity contribution is -0.141. The van der Waals surface area contributed by atoms with Crippen LogP contribution in [0.4, 0.5) is 0 Å². The molecule has 1 N–H and O–H groups in total. The SMILES string of the molecule is COC(=O)CCCC(=O)N1[C@@H]2CC[C@H]1[C@](CO)(Cc1ccccc1)C2. The van der Waals surface area contributed by atoms with Gasteiger partial charge >= 0.3 is 5.97 Å². The van der Waals surface area contributed by atoms with Crippen LogP contribution in [-0.2, 0) is 20.7 Å². The largest absolute Gasteiger partial charge is 0.469 e. The van der Waals surface area contributed by atoms with E-state index in [-0.39, 0.29) is 42.4 Å². The van der Waals surface area contributed by atoms with Crippen molar-refractivity contribution in [1.29, 1.82) is 0 Å². The Balaban J connectivity index is 1.67. The van der Waals surface area contributed by atoms with Gasteiger partial charge in [-0.1, -0.05) is 30.3 Å². The fraction of sp³-hybridized carbons (Fsp3) is 0.600. The highest BCUT2D eigenvalue weighted by atomic mass is 16.5. The lowest BCUT2D eigenvalue weighted by atomic mass is 9.70. The van der Waals surface area contributed by atoms with Crippen LogP contribution in [0.5, 0.6) is 0 Å². The minimum Gasteiger partial charge on any atom is -0.469 e. The van der Waals surface area contributed by atoms with Crippen LogP contribution in [0.25, 0.3) is 0 Å². The minimum absolute atomic E-state index is 0.105. The highest BCUT2D eigenvalue weighted by Crippen LogP contribution is 2.51. The molecule has 1 amide bonds. The van der Waals surface area contributed by atoms with Crippen molar-refractivity contribution in [3.8, 4) is 0 Å². The third-order valence-electron chi connectivity index (χ3n) is 5.85. The fourth-order valence-electron chi connectivity index (χ4n) is 4.70. The van der Waals surface area contributed by atoms with Crippen molar-refractivity contribution >= 4 is 11.9 Å². The summed E-state index contributed by atoms with van der Waals surface area (Å²) in [4.78, 5) is 26.0. The number of benzene rings is 1. The van der Waals surface area contributed by atoms with Crippen molar-refractivity contribution in [1.82, 2.24) is 4.90 Å². The molecule has 1 aromatic rings. The van der Waals surface area contributed by atoms with Crippen molar-refractivity contribution in [2.45, 2.75) is 57.0 Å². The first-order valence-electron chi connectivity index (χ1n) is 9.12. The Kier molecular flexibility index (Phi) is 5.42. The predicted octanol–water partition coefficient (Wildman–Crippen LogP) is 2.31. The molecule has 0 saturated carbocycles. The molecule has 0 radical (unpaired) electrons. The van der Waals surface area contributed by atoms with E-state index in [2.05, 4.69) is 16.9 Å². The second kappa shape index (κ2) is 7.56. The number of hydrogen-bond donors (Lipinski definition) is 1. The molecule has 2 saturated heterocycles. The molecule has 136 valence electrons. The van der Waals surface area contributed by atoms with Gasteiger partial charge in [0.05, 0.1) is 13.7 Å². The molecule has 0 unspecified atom stereocenters. The van der Waals surface area contributed by atoms with Crippen LogP contribution < -0.4 is 0 Å². The Morgan fingerprint density at radius 1 is 1.24 bits per heavy atom. The maximum atomic E-state index is 12.7. The summed E-state index contributed by atoms with van der Waals surface area (Å²) in [6.45, 7) is 0.106. The summed E-state index contributed by atoms with van der Waals surface area (Å²) in [6.07, 6.45) is 4.82. The number of amides is 1. The van der Waals surface area contributed by atoms with Gasteiger partial charge < -0.3 is 14.7 Å². The van der Waals surface area contributed by atoms with Gasteiger partial charge in [0.15, 0.2) is 0 Å². The molecule has 5 nitrogen and oxygen atoms in total. The zero-order chi connectivity index (χ0) is 17.9. The molecule has 2 fully saturated rings. The number of rotatable bonds is 7. The highest BCUT2D eigenvalue weighted by molar-refractivity contribution is 5.78. The maximum absolute atomic E-state index is 12.7.